The van der Waals surface area contributed by atoms with E-state index in [-0.39, 0.29) is 5.92 Å². The van der Waals surface area contributed by atoms with E-state index in [1.807, 2.05) is 6.26 Å². The Kier molecular flexibility index (Phi) is 5.11. The minimum atomic E-state index is 0.202. The number of nitrogens with zero attached hydrogens (tertiary/aromatic N) is 2. The second-order valence-corrected chi connectivity index (χ2v) is 4.91. The van der Waals surface area contributed by atoms with Crippen LogP contribution in [0.25, 0.3) is 0 Å². The maximum atomic E-state index is 5.70. The van der Waals surface area contributed by atoms with Crippen molar-refractivity contribution >= 4 is 11.8 Å². The molecule has 0 saturated carbocycles. The van der Waals surface area contributed by atoms with Crippen LogP contribution in [0, 0.1) is 5.92 Å². The van der Waals surface area contributed by atoms with Gasteiger partial charge in [-0.2, -0.15) is 16.7 Å². The van der Waals surface area contributed by atoms with Crippen LogP contribution in [0.2, 0.25) is 0 Å². The molecule has 0 aliphatic heterocycles. The van der Waals surface area contributed by atoms with Crippen LogP contribution in [0.5, 0.6) is 0 Å². The summed E-state index contributed by atoms with van der Waals surface area (Å²) in [6, 6.07) is 0. The minimum Gasteiger partial charge on any atom is -0.339 e. The average Bonchev–Trinajstić information content (AvgIpc) is 2.63. The molecule has 0 aliphatic rings. The summed E-state index contributed by atoms with van der Waals surface area (Å²) in [4.78, 5) is 4.35. The van der Waals surface area contributed by atoms with Crippen molar-refractivity contribution < 1.29 is 4.52 Å². The average molecular weight is 229 g/mol. The van der Waals surface area contributed by atoms with Gasteiger partial charge in [0.1, 0.15) is 0 Å². The Morgan fingerprint density at radius 3 is 2.73 bits per heavy atom. The number of rotatable bonds is 6. The fourth-order valence-corrected chi connectivity index (χ4v) is 1.86. The third-order valence-electron chi connectivity index (χ3n) is 2.15. The van der Waals surface area contributed by atoms with E-state index in [0.29, 0.717) is 18.4 Å². The monoisotopic (exact) mass is 229 g/mol. The lowest BCUT2D eigenvalue weighted by Gasteiger charge is -2.11. The maximum absolute atomic E-state index is 5.70. The van der Waals surface area contributed by atoms with Crippen molar-refractivity contribution in [2.45, 2.75) is 31.9 Å². The van der Waals surface area contributed by atoms with Crippen LogP contribution < -0.4 is 5.73 Å². The van der Waals surface area contributed by atoms with Crippen molar-refractivity contribution in [1.82, 2.24) is 10.1 Å². The van der Waals surface area contributed by atoms with Crippen LogP contribution in [-0.2, 0) is 5.75 Å². The van der Waals surface area contributed by atoms with Crippen molar-refractivity contribution in [3.05, 3.63) is 11.7 Å². The molecule has 1 unspecified atom stereocenters. The van der Waals surface area contributed by atoms with Gasteiger partial charge in [0.2, 0.25) is 5.89 Å². The van der Waals surface area contributed by atoms with Gasteiger partial charge in [-0.1, -0.05) is 19.0 Å². The van der Waals surface area contributed by atoms with Crippen molar-refractivity contribution in [2.24, 2.45) is 11.7 Å². The molecule has 2 N–H and O–H groups in total. The molecule has 0 aliphatic carbocycles. The van der Waals surface area contributed by atoms with Crippen molar-refractivity contribution in [1.29, 1.82) is 0 Å². The standard InChI is InChI=1S/C10H19N3OS/c1-7(2)4-8(5-11)10-12-9(6-15-3)13-14-10/h7-8H,4-6,11H2,1-3H3. The van der Waals surface area contributed by atoms with E-state index in [2.05, 4.69) is 24.0 Å². The maximum Gasteiger partial charge on any atom is 0.231 e. The highest BCUT2D eigenvalue weighted by Crippen LogP contribution is 2.21. The molecule has 5 heteroatoms. The molecule has 1 heterocycles. The van der Waals surface area contributed by atoms with Crippen molar-refractivity contribution in [2.75, 3.05) is 12.8 Å². The first-order valence-electron chi connectivity index (χ1n) is 5.18. The highest BCUT2D eigenvalue weighted by molar-refractivity contribution is 7.97. The SMILES string of the molecule is CSCc1noc(C(CN)CC(C)C)n1. The molecule has 0 fully saturated rings. The first kappa shape index (κ1) is 12.5. The lowest BCUT2D eigenvalue weighted by Crippen LogP contribution is -2.15. The Balaban J connectivity index is 2.65. The summed E-state index contributed by atoms with van der Waals surface area (Å²) < 4.78 is 5.22. The third-order valence-corrected chi connectivity index (χ3v) is 2.69. The van der Waals surface area contributed by atoms with Crippen LogP contribution in [0.4, 0.5) is 0 Å². The lowest BCUT2D eigenvalue weighted by atomic mass is 9.97. The van der Waals surface area contributed by atoms with Gasteiger partial charge in [-0.05, 0) is 18.6 Å². The topological polar surface area (TPSA) is 64.9 Å². The fourth-order valence-electron chi connectivity index (χ4n) is 1.49. The number of thioether (sulfide) groups is 1. The Morgan fingerprint density at radius 2 is 2.20 bits per heavy atom. The quantitative estimate of drug-likeness (QED) is 0.808. The number of nitrogens with two attached hydrogens (primary N) is 1. The Hall–Kier alpha value is -0.550. The molecule has 4 nitrogen and oxygen atoms in total. The predicted molar refractivity (Wildman–Crippen MR) is 62.8 cm³/mol. The van der Waals surface area contributed by atoms with Gasteiger partial charge in [-0.3, -0.25) is 0 Å². The summed E-state index contributed by atoms with van der Waals surface area (Å²) in [6.07, 6.45) is 3.02. The lowest BCUT2D eigenvalue weighted by molar-refractivity contribution is 0.332. The summed E-state index contributed by atoms with van der Waals surface area (Å²) in [7, 11) is 0. The summed E-state index contributed by atoms with van der Waals surface area (Å²) in [5, 5.41) is 3.92. The zero-order valence-corrected chi connectivity index (χ0v) is 10.4. The van der Waals surface area contributed by atoms with Gasteiger partial charge in [-0.25, -0.2) is 0 Å². The fraction of sp³-hybridized carbons (Fsp3) is 0.800. The molecule has 0 aromatic carbocycles. The molecule has 1 atom stereocenters. The van der Waals surface area contributed by atoms with Gasteiger partial charge in [0.25, 0.3) is 0 Å². The molecular formula is C10H19N3OS. The minimum absolute atomic E-state index is 0.202. The van der Waals surface area contributed by atoms with Crippen LogP contribution in [-0.4, -0.2) is 22.9 Å². The molecule has 15 heavy (non-hydrogen) atoms. The molecule has 1 rings (SSSR count). The molecule has 86 valence electrons. The van der Waals surface area contributed by atoms with Crippen molar-refractivity contribution in [3.8, 4) is 0 Å². The summed E-state index contributed by atoms with van der Waals surface area (Å²) in [5.74, 6) is 3.04. The second-order valence-electron chi connectivity index (χ2n) is 4.04. The molecule has 0 radical (unpaired) electrons. The van der Waals surface area contributed by atoms with E-state index in [1.54, 1.807) is 11.8 Å². The molecule has 0 bridgehead atoms. The summed E-state index contributed by atoms with van der Waals surface area (Å²) in [5.41, 5.74) is 5.70. The van der Waals surface area contributed by atoms with Crippen LogP contribution >= 0.6 is 11.8 Å². The van der Waals surface area contributed by atoms with Gasteiger partial charge in [-0.15, -0.1) is 0 Å². The van der Waals surface area contributed by atoms with Crippen molar-refractivity contribution in [3.63, 3.8) is 0 Å². The molecule has 1 aromatic rings. The third kappa shape index (κ3) is 3.83. The molecule has 0 spiro atoms. The second kappa shape index (κ2) is 6.12. The smallest absolute Gasteiger partial charge is 0.231 e. The molecule has 0 amide bonds. The van der Waals surface area contributed by atoms with E-state index < -0.39 is 0 Å². The van der Waals surface area contributed by atoms with Gasteiger partial charge >= 0.3 is 0 Å². The Bertz CT molecular complexity index is 288. The zero-order valence-electron chi connectivity index (χ0n) is 9.56. The van der Waals surface area contributed by atoms with Crippen LogP contribution in [0.3, 0.4) is 0 Å². The number of hydrogen-bond acceptors (Lipinski definition) is 5. The number of hydrogen-bond donors (Lipinski definition) is 1. The highest BCUT2D eigenvalue weighted by atomic mass is 32.2. The van der Waals surface area contributed by atoms with E-state index >= 15 is 0 Å². The van der Waals surface area contributed by atoms with E-state index in [1.165, 1.54) is 0 Å². The van der Waals surface area contributed by atoms with E-state index in [0.717, 1.165) is 18.0 Å². The Labute approximate surface area is 95.0 Å². The van der Waals surface area contributed by atoms with Gasteiger partial charge in [0.05, 0.1) is 11.7 Å². The number of aromatic nitrogens is 2. The Morgan fingerprint density at radius 1 is 1.47 bits per heavy atom. The molecular weight excluding hydrogens is 210 g/mol. The van der Waals surface area contributed by atoms with E-state index in [9.17, 15) is 0 Å². The zero-order chi connectivity index (χ0) is 11.3. The molecule has 0 saturated heterocycles. The van der Waals surface area contributed by atoms with Crippen LogP contribution in [0.15, 0.2) is 4.52 Å². The summed E-state index contributed by atoms with van der Waals surface area (Å²) >= 11 is 1.69. The largest absolute Gasteiger partial charge is 0.339 e. The van der Waals surface area contributed by atoms with E-state index in [4.69, 9.17) is 10.3 Å². The van der Waals surface area contributed by atoms with Crippen LogP contribution in [0.1, 0.15) is 37.9 Å². The highest BCUT2D eigenvalue weighted by Gasteiger charge is 2.18. The van der Waals surface area contributed by atoms with Gasteiger partial charge < -0.3 is 10.3 Å². The first-order valence-corrected chi connectivity index (χ1v) is 6.58. The van der Waals surface area contributed by atoms with Gasteiger partial charge in [0, 0.05) is 6.54 Å². The first-order chi connectivity index (χ1) is 7.17. The summed E-state index contributed by atoms with van der Waals surface area (Å²) in [6.45, 7) is 4.91. The van der Waals surface area contributed by atoms with Gasteiger partial charge in [0.15, 0.2) is 5.82 Å². The normalized spacial score (nSPS) is 13.4. The predicted octanol–water partition coefficient (Wildman–Crippen LogP) is 2.02. The molecule has 1 aromatic heterocycles.